The van der Waals surface area contributed by atoms with Crippen LogP contribution in [-0.4, -0.2) is 21.1 Å². The maximum absolute atomic E-state index is 11.4. The Bertz CT molecular complexity index is 448. The smallest absolute Gasteiger partial charge is 0.288 e. The number of aromatic nitrogens is 3. The van der Waals surface area contributed by atoms with Crippen LogP contribution in [0.3, 0.4) is 0 Å². The highest BCUT2D eigenvalue weighted by Gasteiger charge is 2.07. The van der Waals surface area contributed by atoms with Crippen molar-refractivity contribution in [1.82, 2.24) is 20.5 Å². The van der Waals surface area contributed by atoms with Gasteiger partial charge in [-0.3, -0.25) is 9.89 Å². The summed E-state index contributed by atoms with van der Waals surface area (Å²) < 4.78 is 0. The number of hydrogen-bond acceptors (Lipinski definition) is 4. The predicted octanol–water partition coefficient (Wildman–Crippen LogP) is 1.10. The molecule has 0 aromatic carbocycles. The monoisotopic (exact) mass is 222 g/mol. The molecule has 2 heterocycles. The third kappa shape index (κ3) is 2.41. The second kappa shape index (κ2) is 4.22. The molecule has 0 aliphatic heterocycles. The number of H-pyrrole nitrogens is 1. The van der Waals surface area contributed by atoms with E-state index < -0.39 is 0 Å². The van der Waals surface area contributed by atoms with E-state index in [0.29, 0.717) is 6.54 Å². The average molecular weight is 222 g/mol. The first kappa shape index (κ1) is 9.85. The first-order valence-electron chi connectivity index (χ1n) is 4.44. The number of nitrogens with one attached hydrogen (secondary N) is 2. The van der Waals surface area contributed by atoms with Crippen molar-refractivity contribution in [2.45, 2.75) is 13.5 Å². The number of aromatic amines is 1. The highest BCUT2D eigenvalue weighted by atomic mass is 32.1. The molecule has 0 aliphatic rings. The van der Waals surface area contributed by atoms with Crippen molar-refractivity contribution in [3.8, 4) is 0 Å². The number of thiophene rings is 1. The molecule has 0 unspecified atom stereocenters. The third-order valence-electron chi connectivity index (χ3n) is 1.85. The minimum absolute atomic E-state index is 0.237. The summed E-state index contributed by atoms with van der Waals surface area (Å²) in [5, 5.41) is 8.87. The Morgan fingerprint density at radius 3 is 3.07 bits per heavy atom. The number of hydrogen-bond donors (Lipinski definition) is 2. The van der Waals surface area contributed by atoms with Crippen LogP contribution in [0.5, 0.6) is 0 Å². The van der Waals surface area contributed by atoms with E-state index in [4.69, 9.17) is 0 Å². The van der Waals surface area contributed by atoms with Gasteiger partial charge >= 0.3 is 0 Å². The first-order chi connectivity index (χ1) is 7.25. The van der Waals surface area contributed by atoms with Crippen LogP contribution < -0.4 is 5.32 Å². The molecule has 2 aromatic rings. The molecule has 5 nitrogen and oxygen atoms in total. The molecule has 0 saturated heterocycles. The normalized spacial score (nSPS) is 10.2. The Labute approximate surface area is 90.6 Å². The van der Waals surface area contributed by atoms with E-state index in [0.717, 1.165) is 4.88 Å². The summed E-state index contributed by atoms with van der Waals surface area (Å²) in [7, 11) is 0. The van der Waals surface area contributed by atoms with Crippen molar-refractivity contribution < 1.29 is 4.79 Å². The Hall–Kier alpha value is -1.69. The van der Waals surface area contributed by atoms with Crippen LogP contribution >= 0.6 is 11.3 Å². The number of nitrogens with zero attached hydrogens (tertiary/aromatic N) is 2. The second-order valence-electron chi connectivity index (χ2n) is 3.03. The van der Waals surface area contributed by atoms with Crippen LogP contribution in [0.15, 0.2) is 18.5 Å². The van der Waals surface area contributed by atoms with Crippen LogP contribution in [0.1, 0.15) is 20.4 Å². The number of rotatable bonds is 3. The van der Waals surface area contributed by atoms with Crippen LogP contribution in [0, 0.1) is 6.92 Å². The molecular formula is C9H10N4OS. The van der Waals surface area contributed by atoms with Crippen molar-refractivity contribution in [1.29, 1.82) is 0 Å². The second-order valence-corrected chi connectivity index (χ2v) is 4.40. The topological polar surface area (TPSA) is 70.7 Å². The third-order valence-corrected chi connectivity index (χ3v) is 2.85. The van der Waals surface area contributed by atoms with Crippen molar-refractivity contribution in [3.05, 3.63) is 34.0 Å². The molecule has 15 heavy (non-hydrogen) atoms. The molecule has 2 aromatic heterocycles. The Morgan fingerprint density at radius 2 is 2.47 bits per heavy atom. The summed E-state index contributed by atoms with van der Waals surface area (Å²) in [6.07, 6.45) is 1.31. The lowest BCUT2D eigenvalue weighted by Gasteiger charge is -1.99. The molecule has 0 aliphatic carbocycles. The van der Waals surface area contributed by atoms with E-state index in [1.54, 1.807) is 11.3 Å². The molecule has 78 valence electrons. The summed E-state index contributed by atoms with van der Waals surface area (Å²) in [5.74, 6) is 0.00170. The minimum atomic E-state index is -0.237. The average Bonchev–Trinajstić information content (AvgIpc) is 2.84. The van der Waals surface area contributed by atoms with Gasteiger partial charge in [-0.15, -0.1) is 11.3 Å². The maximum atomic E-state index is 11.4. The summed E-state index contributed by atoms with van der Waals surface area (Å²) in [5.41, 5.74) is 0. The van der Waals surface area contributed by atoms with Gasteiger partial charge in [0.25, 0.3) is 5.91 Å². The van der Waals surface area contributed by atoms with Crippen LogP contribution in [0.4, 0.5) is 0 Å². The largest absolute Gasteiger partial charge is 0.344 e. The minimum Gasteiger partial charge on any atom is -0.344 e. The fraction of sp³-hybridized carbons (Fsp3) is 0.222. The Kier molecular flexibility index (Phi) is 2.77. The highest BCUT2D eigenvalue weighted by Crippen LogP contribution is 2.14. The molecule has 0 saturated carbocycles. The fourth-order valence-electron chi connectivity index (χ4n) is 1.15. The zero-order valence-corrected chi connectivity index (χ0v) is 8.97. The quantitative estimate of drug-likeness (QED) is 0.817. The molecule has 2 rings (SSSR count). The van der Waals surface area contributed by atoms with Crippen LogP contribution in [-0.2, 0) is 6.54 Å². The highest BCUT2D eigenvalue weighted by molar-refractivity contribution is 7.11. The van der Waals surface area contributed by atoms with Gasteiger partial charge in [-0.05, 0) is 19.1 Å². The van der Waals surface area contributed by atoms with E-state index in [9.17, 15) is 4.79 Å². The van der Waals surface area contributed by atoms with Crippen molar-refractivity contribution in [3.63, 3.8) is 0 Å². The fourth-order valence-corrected chi connectivity index (χ4v) is 1.98. The number of carbonyl (C=O) groups excluding carboxylic acids is 1. The van der Waals surface area contributed by atoms with E-state index in [-0.39, 0.29) is 11.7 Å². The predicted molar refractivity (Wildman–Crippen MR) is 56.6 cm³/mol. The standard InChI is InChI=1S/C9H10N4OS/c1-6-2-3-7(15-6)4-10-9(14)8-11-5-12-13-8/h2-3,5H,4H2,1H3,(H,10,14)(H,11,12,13). The molecule has 0 bridgehead atoms. The zero-order valence-electron chi connectivity index (χ0n) is 8.15. The summed E-state index contributed by atoms with van der Waals surface area (Å²) in [4.78, 5) is 17.6. The van der Waals surface area contributed by atoms with E-state index in [1.807, 2.05) is 19.1 Å². The molecule has 0 radical (unpaired) electrons. The lowest BCUT2D eigenvalue weighted by atomic mass is 10.4. The lowest BCUT2D eigenvalue weighted by molar-refractivity contribution is 0.0941. The molecular weight excluding hydrogens is 212 g/mol. The molecule has 0 fully saturated rings. The van der Waals surface area contributed by atoms with Gasteiger partial charge in [0.05, 0.1) is 6.54 Å². The number of carbonyl (C=O) groups is 1. The number of aryl methyl sites for hydroxylation is 1. The van der Waals surface area contributed by atoms with Crippen molar-refractivity contribution in [2.75, 3.05) is 0 Å². The Balaban J connectivity index is 1.91. The summed E-state index contributed by atoms with van der Waals surface area (Å²) in [6, 6.07) is 4.03. The summed E-state index contributed by atoms with van der Waals surface area (Å²) in [6.45, 7) is 2.56. The van der Waals surface area contributed by atoms with E-state index >= 15 is 0 Å². The maximum Gasteiger partial charge on any atom is 0.288 e. The van der Waals surface area contributed by atoms with Gasteiger partial charge in [0.2, 0.25) is 5.82 Å². The van der Waals surface area contributed by atoms with Gasteiger partial charge < -0.3 is 5.32 Å². The van der Waals surface area contributed by atoms with Gasteiger partial charge in [-0.25, -0.2) is 4.98 Å². The van der Waals surface area contributed by atoms with Gasteiger partial charge in [0.15, 0.2) is 0 Å². The molecule has 0 atom stereocenters. The molecule has 6 heteroatoms. The van der Waals surface area contributed by atoms with Gasteiger partial charge in [0.1, 0.15) is 6.33 Å². The van der Waals surface area contributed by atoms with Crippen molar-refractivity contribution in [2.24, 2.45) is 0 Å². The SMILES string of the molecule is Cc1ccc(CNC(=O)c2ncn[nH]2)s1. The zero-order chi connectivity index (χ0) is 10.7. The van der Waals surface area contributed by atoms with Crippen molar-refractivity contribution >= 4 is 17.2 Å². The van der Waals surface area contributed by atoms with Crippen LogP contribution in [0.25, 0.3) is 0 Å². The number of amides is 1. The molecule has 1 amide bonds. The van der Waals surface area contributed by atoms with E-state index in [1.165, 1.54) is 11.2 Å². The summed E-state index contributed by atoms with van der Waals surface area (Å²) >= 11 is 1.67. The Morgan fingerprint density at radius 1 is 1.60 bits per heavy atom. The molecule has 2 N–H and O–H groups in total. The van der Waals surface area contributed by atoms with Gasteiger partial charge in [-0.1, -0.05) is 0 Å². The van der Waals surface area contributed by atoms with Gasteiger partial charge in [-0.2, -0.15) is 5.10 Å². The first-order valence-corrected chi connectivity index (χ1v) is 5.26. The lowest BCUT2D eigenvalue weighted by Crippen LogP contribution is -2.23. The van der Waals surface area contributed by atoms with Gasteiger partial charge in [0, 0.05) is 9.75 Å². The van der Waals surface area contributed by atoms with Crippen LogP contribution in [0.2, 0.25) is 0 Å². The van der Waals surface area contributed by atoms with E-state index in [2.05, 4.69) is 20.5 Å². The molecule has 0 spiro atoms.